The highest BCUT2D eigenvalue weighted by Crippen LogP contribution is 2.29. The minimum absolute atomic E-state index is 0. The second kappa shape index (κ2) is 10.7. The molecule has 0 aliphatic rings. The van der Waals surface area contributed by atoms with Crippen molar-refractivity contribution in [3.63, 3.8) is 0 Å². The number of halogens is 2. The molecule has 0 saturated carbocycles. The molecule has 1 amide bonds. The summed E-state index contributed by atoms with van der Waals surface area (Å²) in [5, 5.41) is 8.77. The summed E-state index contributed by atoms with van der Waals surface area (Å²) in [6.45, 7) is 0. The smallest absolute Gasteiger partial charge is 0.250 e. The van der Waals surface area contributed by atoms with E-state index in [4.69, 9.17) is 21.4 Å². The van der Waals surface area contributed by atoms with E-state index in [-0.39, 0.29) is 18.3 Å². The molecule has 2 aromatic heterocycles. The van der Waals surface area contributed by atoms with Crippen LogP contribution >= 0.6 is 35.3 Å². The van der Waals surface area contributed by atoms with E-state index in [1.807, 2.05) is 79.0 Å². The predicted molar refractivity (Wildman–Crippen MR) is 145 cm³/mol. The van der Waals surface area contributed by atoms with Crippen LogP contribution in [0.25, 0.3) is 33.2 Å². The van der Waals surface area contributed by atoms with Gasteiger partial charge in [-0.05, 0) is 48.5 Å². The first-order chi connectivity index (χ1) is 16.6. The third-order valence-electron chi connectivity index (χ3n) is 5.12. The van der Waals surface area contributed by atoms with Crippen molar-refractivity contribution in [3.8, 4) is 22.7 Å². The molecule has 5 aromatic rings. The lowest BCUT2D eigenvalue weighted by Gasteiger charge is -2.01. The van der Waals surface area contributed by atoms with Gasteiger partial charge < -0.3 is 4.74 Å². The molecule has 35 heavy (non-hydrogen) atoms. The van der Waals surface area contributed by atoms with Gasteiger partial charge in [-0.25, -0.2) is 9.67 Å². The monoisotopic (exact) mass is 522 g/mol. The van der Waals surface area contributed by atoms with Crippen LogP contribution in [0.5, 0.6) is 5.75 Å². The maximum Gasteiger partial charge on any atom is 0.250 e. The molecule has 5 rings (SSSR count). The van der Waals surface area contributed by atoms with E-state index in [0.717, 1.165) is 38.5 Å². The Morgan fingerprint density at radius 3 is 2.60 bits per heavy atom. The lowest BCUT2D eigenvalue weighted by Crippen LogP contribution is -2.07. The molecular weight excluding hydrogens is 503 g/mol. The summed E-state index contributed by atoms with van der Waals surface area (Å²) >= 11 is 7.46. The van der Waals surface area contributed by atoms with Gasteiger partial charge in [-0.15, -0.1) is 12.4 Å². The van der Waals surface area contributed by atoms with Crippen LogP contribution in [-0.2, 0) is 4.79 Å². The van der Waals surface area contributed by atoms with Gasteiger partial charge in [0.25, 0.3) is 0 Å². The number of nitrogens with one attached hydrogen (secondary N) is 1. The molecule has 6 nitrogen and oxygen atoms in total. The van der Waals surface area contributed by atoms with E-state index in [9.17, 15) is 4.79 Å². The second-order valence-electron chi connectivity index (χ2n) is 7.40. The Bertz CT molecular complexity index is 1500. The highest BCUT2D eigenvalue weighted by atomic mass is 35.5. The van der Waals surface area contributed by atoms with Crippen LogP contribution in [0.1, 0.15) is 5.56 Å². The molecular formula is C26H20Cl2N4O2S. The van der Waals surface area contributed by atoms with Crippen molar-refractivity contribution in [2.24, 2.45) is 0 Å². The van der Waals surface area contributed by atoms with Crippen LogP contribution in [0.2, 0.25) is 5.02 Å². The van der Waals surface area contributed by atoms with Crippen LogP contribution < -0.4 is 10.1 Å². The topological polar surface area (TPSA) is 69.0 Å². The summed E-state index contributed by atoms with van der Waals surface area (Å²) in [6, 6.07) is 22.9. The van der Waals surface area contributed by atoms with Gasteiger partial charge in [0.05, 0.1) is 28.7 Å². The van der Waals surface area contributed by atoms with Crippen LogP contribution in [0, 0.1) is 0 Å². The van der Waals surface area contributed by atoms with Crippen molar-refractivity contribution < 1.29 is 9.53 Å². The second-order valence-corrected chi connectivity index (χ2v) is 8.86. The van der Waals surface area contributed by atoms with Crippen molar-refractivity contribution in [1.82, 2.24) is 14.8 Å². The number of benzene rings is 3. The zero-order chi connectivity index (χ0) is 23.5. The minimum atomic E-state index is -0.277. The molecule has 0 spiro atoms. The van der Waals surface area contributed by atoms with E-state index in [1.165, 1.54) is 17.4 Å². The van der Waals surface area contributed by atoms with Gasteiger partial charge >= 0.3 is 0 Å². The molecule has 0 radical (unpaired) electrons. The largest absolute Gasteiger partial charge is 0.497 e. The number of aromatic nitrogens is 3. The molecule has 1 N–H and O–H groups in total. The Kier molecular flexibility index (Phi) is 7.51. The SMILES string of the molecule is COc1ccc2nc(NC(=O)/C=C/c3cn(-c4ccccc4)nc3-c3ccc(Cl)cc3)sc2c1.Cl. The predicted octanol–water partition coefficient (Wildman–Crippen LogP) is 6.88. The number of nitrogens with zero attached hydrogens (tertiary/aromatic N) is 3. The van der Waals surface area contributed by atoms with E-state index in [2.05, 4.69) is 10.3 Å². The fraction of sp³-hybridized carbons (Fsp3) is 0.0385. The summed E-state index contributed by atoms with van der Waals surface area (Å²) in [5.41, 5.74) is 4.18. The molecule has 0 fully saturated rings. The molecule has 0 atom stereocenters. The Morgan fingerprint density at radius 1 is 1.09 bits per heavy atom. The first-order valence-electron chi connectivity index (χ1n) is 10.4. The Balaban J connectivity index is 0.00000289. The van der Waals surface area contributed by atoms with Gasteiger partial charge in [0, 0.05) is 28.4 Å². The zero-order valence-corrected chi connectivity index (χ0v) is 20.9. The van der Waals surface area contributed by atoms with Crippen LogP contribution in [0.4, 0.5) is 5.13 Å². The highest BCUT2D eigenvalue weighted by Gasteiger charge is 2.12. The minimum Gasteiger partial charge on any atom is -0.497 e. The van der Waals surface area contributed by atoms with Gasteiger partial charge in [0.15, 0.2) is 5.13 Å². The molecule has 9 heteroatoms. The summed E-state index contributed by atoms with van der Waals surface area (Å²) < 4.78 is 7.99. The van der Waals surface area contributed by atoms with Gasteiger partial charge in [0.2, 0.25) is 5.91 Å². The number of methoxy groups -OCH3 is 1. The first-order valence-corrected chi connectivity index (χ1v) is 11.6. The molecule has 2 heterocycles. The van der Waals surface area contributed by atoms with Gasteiger partial charge in [-0.2, -0.15) is 5.10 Å². The quantitative estimate of drug-likeness (QED) is 0.246. The molecule has 0 bridgehead atoms. The number of fused-ring (bicyclic) bond motifs is 1. The third-order valence-corrected chi connectivity index (χ3v) is 6.31. The average molecular weight is 523 g/mol. The Labute approximate surface area is 217 Å². The molecule has 3 aromatic carbocycles. The van der Waals surface area contributed by atoms with Gasteiger partial charge in [-0.1, -0.05) is 53.3 Å². The third kappa shape index (κ3) is 5.54. The van der Waals surface area contributed by atoms with E-state index < -0.39 is 0 Å². The first kappa shape index (κ1) is 24.5. The van der Waals surface area contributed by atoms with Crippen LogP contribution in [0.3, 0.4) is 0 Å². The Morgan fingerprint density at radius 2 is 1.86 bits per heavy atom. The standard InChI is InChI=1S/C26H19ClN4O2S.ClH/c1-33-21-12-13-22-23(15-21)34-26(28-22)29-24(32)14-9-18-16-31(20-5-3-2-4-6-20)30-25(18)17-7-10-19(27)11-8-17;/h2-16H,1H3,(H,28,29,32);1H/b14-9+;. The highest BCUT2D eigenvalue weighted by molar-refractivity contribution is 7.22. The number of hydrogen-bond acceptors (Lipinski definition) is 5. The summed E-state index contributed by atoms with van der Waals surface area (Å²) in [4.78, 5) is 17.1. The molecule has 0 aliphatic heterocycles. The number of carbonyl (C=O) groups is 1. The van der Waals surface area contributed by atoms with Crippen molar-refractivity contribution in [1.29, 1.82) is 0 Å². The molecule has 0 unspecified atom stereocenters. The number of carbonyl (C=O) groups excluding carboxylic acids is 1. The number of para-hydroxylation sites is 1. The number of rotatable bonds is 6. The molecule has 0 aliphatic carbocycles. The average Bonchev–Trinajstić information content (AvgIpc) is 3.47. The normalized spacial score (nSPS) is 10.9. The number of anilines is 1. The van der Waals surface area contributed by atoms with E-state index in [1.54, 1.807) is 17.9 Å². The van der Waals surface area contributed by atoms with Crippen LogP contribution in [0.15, 0.2) is 85.1 Å². The molecule has 0 saturated heterocycles. The number of hydrogen-bond donors (Lipinski definition) is 1. The number of amides is 1. The van der Waals surface area contributed by atoms with Gasteiger partial charge in [0.1, 0.15) is 5.75 Å². The summed E-state index contributed by atoms with van der Waals surface area (Å²) in [7, 11) is 1.62. The van der Waals surface area contributed by atoms with Crippen molar-refractivity contribution in [2.75, 3.05) is 12.4 Å². The molecule has 176 valence electrons. The van der Waals surface area contributed by atoms with Gasteiger partial charge in [-0.3, -0.25) is 10.1 Å². The summed E-state index contributed by atoms with van der Waals surface area (Å²) in [6.07, 6.45) is 5.13. The number of thiazole rings is 1. The van der Waals surface area contributed by atoms with Crippen molar-refractivity contribution in [2.45, 2.75) is 0 Å². The van der Waals surface area contributed by atoms with Crippen molar-refractivity contribution >= 4 is 62.7 Å². The van der Waals surface area contributed by atoms with E-state index in [0.29, 0.717) is 10.2 Å². The van der Waals surface area contributed by atoms with Crippen molar-refractivity contribution in [3.05, 3.63) is 95.7 Å². The lowest BCUT2D eigenvalue weighted by molar-refractivity contribution is -0.111. The maximum absolute atomic E-state index is 12.7. The van der Waals surface area contributed by atoms with E-state index >= 15 is 0 Å². The fourth-order valence-corrected chi connectivity index (χ4v) is 4.48. The number of ether oxygens (including phenoxy) is 1. The zero-order valence-electron chi connectivity index (χ0n) is 18.5. The Hall–Kier alpha value is -3.65. The fourth-order valence-electron chi connectivity index (χ4n) is 3.45. The van der Waals surface area contributed by atoms with Crippen LogP contribution in [-0.4, -0.2) is 27.8 Å². The lowest BCUT2D eigenvalue weighted by atomic mass is 10.1. The summed E-state index contributed by atoms with van der Waals surface area (Å²) in [5.74, 6) is 0.472. The maximum atomic E-state index is 12.7.